The van der Waals surface area contributed by atoms with E-state index in [1.54, 1.807) is 12.3 Å². The Labute approximate surface area is 317 Å². The first-order chi connectivity index (χ1) is 25.4. The van der Waals surface area contributed by atoms with Crippen LogP contribution in [0.15, 0.2) is 85.2 Å². The maximum absolute atomic E-state index is 16.4. The average Bonchev–Trinajstić information content (AvgIpc) is 3.40. The molecule has 2 aliphatic heterocycles. The fourth-order valence-electron chi connectivity index (χ4n) is 8.12. The van der Waals surface area contributed by atoms with Crippen LogP contribution in [-0.2, 0) is 9.16 Å². The molecule has 14 heteroatoms. The highest BCUT2D eigenvalue weighted by molar-refractivity contribution is 6.99. The van der Waals surface area contributed by atoms with E-state index in [9.17, 15) is 8.78 Å². The number of nitrogens with one attached hydrogen (secondary N) is 1. The molecule has 0 amide bonds. The molecule has 0 bridgehead atoms. The van der Waals surface area contributed by atoms with Crippen LogP contribution in [0.1, 0.15) is 51.1 Å². The molecule has 3 aromatic carbocycles. The number of nitrogens with zero attached hydrogens (tertiary/aromatic N) is 5. The number of anilines is 2. The van der Waals surface area contributed by atoms with Crippen molar-refractivity contribution >= 4 is 64.4 Å². The number of hydrogen-bond acceptors (Lipinski definition) is 7. The van der Waals surface area contributed by atoms with Gasteiger partial charge in [0.1, 0.15) is 12.2 Å². The summed E-state index contributed by atoms with van der Waals surface area (Å²) in [5, 5.41) is 10.4. The van der Waals surface area contributed by atoms with Gasteiger partial charge in [-0.3, -0.25) is 4.90 Å². The van der Waals surface area contributed by atoms with E-state index in [4.69, 9.17) is 32.4 Å². The highest BCUT2D eigenvalue weighted by atomic mass is 35.5. The molecule has 2 saturated heterocycles. The lowest BCUT2D eigenvalue weighted by atomic mass is 9.86. The van der Waals surface area contributed by atoms with Gasteiger partial charge in [0.25, 0.3) is 14.2 Å². The summed E-state index contributed by atoms with van der Waals surface area (Å²) in [6, 6.07) is 23.5. The topological polar surface area (TPSA) is 77.3 Å². The molecule has 3 fully saturated rings. The van der Waals surface area contributed by atoms with Crippen molar-refractivity contribution in [2.24, 2.45) is 0 Å². The number of hydrogen-bond donors (Lipinski definition) is 1. The number of likely N-dealkylation sites (tertiary alicyclic amines) is 1. The summed E-state index contributed by atoms with van der Waals surface area (Å²) in [5.74, 6) is -3.06. The molecule has 53 heavy (non-hydrogen) atoms. The number of alkyl halides is 3. The van der Waals surface area contributed by atoms with Gasteiger partial charge in [0.2, 0.25) is 5.95 Å². The minimum atomic E-state index is -2.85. The zero-order chi connectivity index (χ0) is 37.1. The standard InChI is InChI=1S/C39H41Cl2F3N6O2Si/c1-38(2,3)53(25-10-6-4-7-11-25,26-12-8-5-9-13-26)52-34-23-51-22-33(34)49-15-14-27(30(42)21-49)28-17-31-24(16-29(28)40)19-45-37(47-31)48-32-20-46-50(36(32)41)35-18-39(35,43)44/h4-13,16-17,19-20,27,30,33-35H,14-15,18,21-23H2,1-3H3,(H,45,47,48)/t27-,30+,33?,34-,35?/m1/s1. The van der Waals surface area contributed by atoms with Crippen LogP contribution in [0.5, 0.6) is 0 Å². The molecule has 1 saturated carbocycles. The van der Waals surface area contributed by atoms with Crippen LogP contribution in [0.2, 0.25) is 15.2 Å². The molecule has 8 rings (SSSR count). The number of fused-ring (bicyclic) bond motifs is 1. The maximum atomic E-state index is 16.4. The van der Waals surface area contributed by atoms with E-state index in [0.717, 1.165) is 4.68 Å². The Balaban J connectivity index is 1.01. The molecule has 2 unspecified atom stereocenters. The van der Waals surface area contributed by atoms with Crippen LogP contribution in [-0.4, -0.2) is 83.5 Å². The van der Waals surface area contributed by atoms with Crippen LogP contribution in [0.3, 0.4) is 0 Å². The third kappa shape index (κ3) is 6.76. The van der Waals surface area contributed by atoms with Crippen LogP contribution >= 0.6 is 23.2 Å². The molecule has 5 aromatic rings. The smallest absolute Gasteiger partial charge is 0.272 e. The number of ether oxygens (including phenoxy) is 1. The molecule has 0 radical (unpaired) electrons. The van der Waals surface area contributed by atoms with E-state index >= 15 is 4.39 Å². The Hall–Kier alpha value is -3.52. The number of benzene rings is 3. The van der Waals surface area contributed by atoms with Gasteiger partial charge in [-0.15, -0.1) is 0 Å². The van der Waals surface area contributed by atoms with Crippen molar-refractivity contribution in [3.8, 4) is 0 Å². The van der Waals surface area contributed by atoms with Gasteiger partial charge in [0.15, 0.2) is 5.15 Å². The zero-order valence-corrected chi connectivity index (χ0v) is 32.2. The molecule has 5 atom stereocenters. The predicted octanol–water partition coefficient (Wildman–Crippen LogP) is 7.93. The number of rotatable bonds is 9. The summed E-state index contributed by atoms with van der Waals surface area (Å²) < 4.78 is 58.4. The quantitative estimate of drug-likeness (QED) is 0.152. The third-order valence-electron chi connectivity index (χ3n) is 11.0. The Morgan fingerprint density at radius 3 is 2.28 bits per heavy atom. The Morgan fingerprint density at radius 2 is 1.66 bits per heavy atom. The molecular weight excluding hydrogens is 740 g/mol. The normalized spacial score (nSPS) is 24.8. The van der Waals surface area contributed by atoms with Gasteiger partial charge in [-0.2, -0.15) is 5.10 Å². The van der Waals surface area contributed by atoms with Gasteiger partial charge in [0, 0.05) is 35.5 Å². The summed E-state index contributed by atoms with van der Waals surface area (Å²) in [7, 11) is -2.85. The second kappa shape index (κ2) is 14.0. The van der Waals surface area contributed by atoms with E-state index in [1.165, 1.54) is 16.6 Å². The van der Waals surface area contributed by atoms with Crippen molar-refractivity contribution in [1.29, 1.82) is 0 Å². The van der Waals surface area contributed by atoms with Crippen LogP contribution < -0.4 is 15.7 Å². The molecule has 8 nitrogen and oxygen atoms in total. The Morgan fingerprint density at radius 1 is 0.981 bits per heavy atom. The first kappa shape index (κ1) is 36.5. The average molecular weight is 782 g/mol. The molecule has 278 valence electrons. The summed E-state index contributed by atoms with van der Waals surface area (Å²) in [6.07, 6.45) is 1.79. The Kier molecular flexibility index (Phi) is 9.60. The molecule has 1 aliphatic carbocycles. The molecule has 2 aromatic heterocycles. The highest BCUT2D eigenvalue weighted by Gasteiger charge is 2.60. The van der Waals surface area contributed by atoms with E-state index in [1.807, 2.05) is 18.2 Å². The summed E-state index contributed by atoms with van der Waals surface area (Å²) in [5.41, 5.74) is 1.56. The van der Waals surface area contributed by atoms with Crippen molar-refractivity contribution in [1.82, 2.24) is 24.6 Å². The van der Waals surface area contributed by atoms with E-state index in [2.05, 4.69) is 94.6 Å². The van der Waals surface area contributed by atoms with Crippen molar-refractivity contribution in [2.75, 3.05) is 31.6 Å². The fraction of sp³-hybridized carbons (Fsp3) is 0.410. The zero-order valence-electron chi connectivity index (χ0n) is 29.7. The predicted molar refractivity (Wildman–Crippen MR) is 205 cm³/mol. The minimum Gasteiger partial charge on any atom is -0.400 e. The van der Waals surface area contributed by atoms with E-state index in [-0.39, 0.29) is 41.3 Å². The highest BCUT2D eigenvalue weighted by Crippen LogP contribution is 2.53. The molecule has 4 heterocycles. The first-order valence-electron chi connectivity index (χ1n) is 17.9. The summed E-state index contributed by atoms with van der Waals surface area (Å²) >= 11 is 13.2. The second-order valence-corrected chi connectivity index (χ2v) is 20.4. The van der Waals surface area contributed by atoms with E-state index < -0.39 is 32.4 Å². The minimum absolute atomic E-state index is 0.0478. The van der Waals surface area contributed by atoms with Crippen molar-refractivity contribution in [2.45, 2.75) is 74.9 Å². The van der Waals surface area contributed by atoms with Crippen LogP contribution in [0.25, 0.3) is 10.9 Å². The van der Waals surface area contributed by atoms with Crippen LogP contribution in [0.4, 0.5) is 24.8 Å². The largest absolute Gasteiger partial charge is 0.400 e. The van der Waals surface area contributed by atoms with Gasteiger partial charge in [-0.25, -0.2) is 27.8 Å². The number of aromatic nitrogens is 4. The number of halogens is 5. The number of piperidine rings is 1. The molecule has 0 spiro atoms. The second-order valence-electron chi connectivity index (χ2n) is 15.4. The van der Waals surface area contributed by atoms with Crippen molar-refractivity contribution < 1.29 is 22.3 Å². The SMILES string of the molecule is CC(C)(C)[Si](O[C@@H]1COCC1N1CC[C@H](c2cc3nc(Nc4cnn(C5CC5(F)F)c4Cl)ncc3cc2Cl)[C@@H](F)C1)(c1ccccc1)c1ccccc1. The van der Waals surface area contributed by atoms with Gasteiger partial charge >= 0.3 is 0 Å². The molecule has 3 aliphatic rings. The fourth-order valence-corrected chi connectivity index (χ4v) is 13.4. The molecular formula is C39H41Cl2F3N6O2Si. The van der Waals surface area contributed by atoms with Crippen molar-refractivity contribution in [3.05, 3.63) is 101 Å². The lowest BCUT2D eigenvalue weighted by Gasteiger charge is -2.47. The third-order valence-corrected chi connectivity index (χ3v) is 16.7. The Bertz CT molecular complexity index is 2060. The summed E-state index contributed by atoms with van der Waals surface area (Å²) in [6.45, 7) is 8.54. The monoisotopic (exact) mass is 780 g/mol. The lowest BCUT2D eigenvalue weighted by molar-refractivity contribution is 0.0406. The maximum Gasteiger partial charge on any atom is 0.272 e. The summed E-state index contributed by atoms with van der Waals surface area (Å²) in [4.78, 5) is 11.2. The molecule has 1 N–H and O–H groups in total. The van der Waals surface area contributed by atoms with Gasteiger partial charge in [0.05, 0.1) is 42.8 Å². The van der Waals surface area contributed by atoms with Crippen LogP contribution in [0, 0.1) is 0 Å². The van der Waals surface area contributed by atoms with Gasteiger partial charge in [-0.1, -0.05) is 105 Å². The van der Waals surface area contributed by atoms with Crippen molar-refractivity contribution in [3.63, 3.8) is 0 Å². The first-order valence-corrected chi connectivity index (χ1v) is 20.6. The lowest BCUT2D eigenvalue weighted by Crippen LogP contribution is -2.69. The van der Waals surface area contributed by atoms with Gasteiger partial charge < -0.3 is 14.5 Å². The van der Waals surface area contributed by atoms with Gasteiger partial charge in [-0.05, 0) is 46.1 Å². The van der Waals surface area contributed by atoms with E-state index in [0.29, 0.717) is 53.4 Å².